The fraction of sp³-hybridized carbons (Fsp3) is 0.625. The molecule has 140 valence electrons. The molecule has 1 fully saturated rings. The lowest BCUT2D eigenvalue weighted by molar-refractivity contribution is -0.138. The number of carbonyl (C=O) groups is 1. The highest BCUT2D eigenvalue weighted by Crippen LogP contribution is 2.39. The first-order valence-electron chi connectivity index (χ1n) is 7.77. The van der Waals surface area contributed by atoms with Gasteiger partial charge in [-0.2, -0.15) is 13.2 Å². The predicted octanol–water partition coefficient (Wildman–Crippen LogP) is 4.13. The van der Waals surface area contributed by atoms with E-state index in [0.29, 0.717) is 0 Å². The van der Waals surface area contributed by atoms with Crippen molar-refractivity contribution >= 4 is 11.8 Å². The van der Waals surface area contributed by atoms with Gasteiger partial charge in [0.25, 0.3) is 0 Å². The largest absolute Gasteiger partial charge is 0.465 e. The summed E-state index contributed by atoms with van der Waals surface area (Å²) in [7, 11) is 1.05. The van der Waals surface area contributed by atoms with Crippen molar-refractivity contribution in [1.29, 1.82) is 0 Å². The van der Waals surface area contributed by atoms with E-state index in [2.05, 4.69) is 9.72 Å². The van der Waals surface area contributed by atoms with Crippen molar-refractivity contribution in [1.82, 2.24) is 4.98 Å². The molecular formula is C16H19F5N2O2. The minimum atomic E-state index is -4.69. The Bertz CT molecular complexity index is 673. The Balaban J connectivity index is 2.59. The average molecular weight is 366 g/mol. The van der Waals surface area contributed by atoms with Gasteiger partial charge in [-0.05, 0) is 25.8 Å². The molecule has 9 heteroatoms. The number of rotatable bonds is 2. The normalized spacial score (nSPS) is 18.0. The number of methoxy groups -OCH3 is 1. The Hall–Kier alpha value is -1.93. The molecule has 1 aliphatic heterocycles. The predicted molar refractivity (Wildman–Crippen MR) is 81.1 cm³/mol. The molecule has 1 aromatic rings. The van der Waals surface area contributed by atoms with Gasteiger partial charge in [0.15, 0.2) is 0 Å². The Morgan fingerprint density at radius 1 is 1.20 bits per heavy atom. The molecule has 0 amide bonds. The van der Waals surface area contributed by atoms with Crippen LogP contribution in [0.25, 0.3) is 0 Å². The van der Waals surface area contributed by atoms with E-state index in [1.807, 2.05) is 0 Å². The number of aryl methyl sites for hydroxylation is 1. The number of hydrogen-bond acceptors (Lipinski definition) is 4. The molecule has 0 aliphatic carbocycles. The summed E-state index contributed by atoms with van der Waals surface area (Å²) in [5.74, 6) is -3.84. The van der Waals surface area contributed by atoms with Crippen molar-refractivity contribution in [3.8, 4) is 0 Å². The van der Waals surface area contributed by atoms with Crippen LogP contribution in [0.5, 0.6) is 0 Å². The van der Waals surface area contributed by atoms with E-state index in [-0.39, 0.29) is 48.6 Å². The molecule has 0 N–H and O–H groups in total. The van der Waals surface area contributed by atoms with Crippen molar-refractivity contribution in [2.75, 3.05) is 25.1 Å². The SMILES string of the molecule is COC(=O)c1c(N2CCCC(F)(F)CC2)nc(C)c(C(F)(F)F)c1C. The zero-order valence-corrected chi connectivity index (χ0v) is 14.1. The highest BCUT2D eigenvalue weighted by atomic mass is 19.4. The number of carbonyl (C=O) groups excluding carboxylic acids is 1. The zero-order valence-electron chi connectivity index (χ0n) is 14.1. The highest BCUT2D eigenvalue weighted by Gasteiger charge is 2.39. The second kappa shape index (κ2) is 6.76. The molecule has 0 atom stereocenters. The molecular weight excluding hydrogens is 347 g/mol. The van der Waals surface area contributed by atoms with E-state index >= 15 is 0 Å². The summed E-state index contributed by atoms with van der Waals surface area (Å²) in [5.41, 5.74) is -1.94. The first-order valence-corrected chi connectivity index (χ1v) is 7.77. The average Bonchev–Trinajstić information content (AvgIpc) is 2.65. The van der Waals surface area contributed by atoms with Gasteiger partial charge in [-0.3, -0.25) is 0 Å². The second-order valence-electron chi connectivity index (χ2n) is 6.08. The van der Waals surface area contributed by atoms with Gasteiger partial charge in [-0.25, -0.2) is 18.6 Å². The second-order valence-corrected chi connectivity index (χ2v) is 6.08. The van der Waals surface area contributed by atoms with Crippen molar-refractivity contribution in [3.05, 3.63) is 22.4 Å². The van der Waals surface area contributed by atoms with E-state index in [9.17, 15) is 26.7 Å². The van der Waals surface area contributed by atoms with Gasteiger partial charge in [0, 0.05) is 25.9 Å². The summed E-state index contributed by atoms with van der Waals surface area (Å²) >= 11 is 0. The van der Waals surface area contributed by atoms with E-state index in [0.717, 1.165) is 7.11 Å². The Kier molecular flexibility index (Phi) is 5.24. The lowest BCUT2D eigenvalue weighted by Crippen LogP contribution is -2.30. The molecule has 0 unspecified atom stereocenters. The summed E-state index contributed by atoms with van der Waals surface area (Å²) in [5, 5.41) is 0. The van der Waals surface area contributed by atoms with Crippen molar-refractivity contribution in [2.45, 2.75) is 45.2 Å². The molecule has 0 saturated carbocycles. The third kappa shape index (κ3) is 4.01. The molecule has 1 saturated heterocycles. The van der Waals surface area contributed by atoms with Crippen molar-refractivity contribution in [3.63, 3.8) is 0 Å². The maximum atomic E-state index is 13.6. The Morgan fingerprint density at radius 2 is 1.84 bits per heavy atom. The van der Waals surface area contributed by atoms with Gasteiger partial charge < -0.3 is 9.64 Å². The highest BCUT2D eigenvalue weighted by molar-refractivity contribution is 5.97. The standard InChI is InChI=1S/C16H19F5N2O2/c1-9-11(14(24)25-3)13(22-10(2)12(9)16(19,20)21)23-7-4-5-15(17,18)6-8-23/h4-8H2,1-3H3. The van der Waals surface area contributed by atoms with Crippen LogP contribution in [-0.2, 0) is 10.9 Å². The van der Waals surface area contributed by atoms with Crippen molar-refractivity contribution in [2.24, 2.45) is 0 Å². The number of halogens is 5. The van der Waals surface area contributed by atoms with Crippen LogP contribution in [0, 0.1) is 13.8 Å². The van der Waals surface area contributed by atoms with E-state index in [1.54, 1.807) is 0 Å². The van der Waals surface area contributed by atoms with Crippen LogP contribution in [0.3, 0.4) is 0 Å². The number of aromatic nitrogens is 1. The van der Waals surface area contributed by atoms with E-state index in [1.165, 1.54) is 18.7 Å². The lowest BCUT2D eigenvalue weighted by Gasteiger charge is -2.26. The van der Waals surface area contributed by atoms with Crippen LogP contribution in [0.2, 0.25) is 0 Å². The Morgan fingerprint density at radius 3 is 2.40 bits per heavy atom. The van der Waals surface area contributed by atoms with Gasteiger partial charge >= 0.3 is 12.1 Å². The van der Waals surface area contributed by atoms with Crippen LogP contribution in [0.4, 0.5) is 27.8 Å². The smallest absolute Gasteiger partial charge is 0.418 e. The summed E-state index contributed by atoms with van der Waals surface area (Å²) in [6.07, 6.45) is -5.30. The van der Waals surface area contributed by atoms with Crippen LogP contribution >= 0.6 is 0 Å². The first-order chi connectivity index (χ1) is 11.5. The topological polar surface area (TPSA) is 42.4 Å². The molecule has 25 heavy (non-hydrogen) atoms. The quantitative estimate of drug-likeness (QED) is 0.583. The minimum absolute atomic E-state index is 0.0347. The third-order valence-electron chi connectivity index (χ3n) is 4.30. The monoisotopic (exact) mass is 366 g/mol. The molecule has 0 aromatic carbocycles. The molecule has 0 spiro atoms. The number of ether oxygens (including phenoxy) is 1. The van der Waals surface area contributed by atoms with E-state index in [4.69, 9.17) is 0 Å². The molecule has 0 bridgehead atoms. The van der Waals surface area contributed by atoms with Gasteiger partial charge in [0.05, 0.1) is 18.4 Å². The number of nitrogens with zero attached hydrogens (tertiary/aromatic N) is 2. The lowest BCUT2D eigenvalue weighted by atomic mass is 10.0. The minimum Gasteiger partial charge on any atom is -0.465 e. The molecule has 2 heterocycles. The van der Waals surface area contributed by atoms with Crippen LogP contribution in [-0.4, -0.2) is 37.1 Å². The summed E-state index contributed by atoms with van der Waals surface area (Å²) in [6.45, 7) is 2.43. The molecule has 0 radical (unpaired) electrons. The van der Waals surface area contributed by atoms with Gasteiger partial charge in [0.2, 0.25) is 5.92 Å². The summed E-state index contributed by atoms with van der Waals surface area (Å²) < 4.78 is 71.6. The van der Waals surface area contributed by atoms with Crippen molar-refractivity contribution < 1.29 is 31.5 Å². The molecule has 1 aromatic heterocycles. The number of anilines is 1. The maximum Gasteiger partial charge on any atom is 0.418 e. The number of alkyl halides is 5. The zero-order chi connectivity index (χ0) is 19.0. The van der Waals surface area contributed by atoms with Crippen LogP contribution in [0.15, 0.2) is 0 Å². The number of esters is 1. The number of pyridine rings is 1. The molecule has 1 aliphatic rings. The molecule has 4 nitrogen and oxygen atoms in total. The maximum absolute atomic E-state index is 13.6. The number of hydrogen-bond donors (Lipinski definition) is 0. The summed E-state index contributed by atoms with van der Waals surface area (Å²) in [6, 6.07) is 0. The fourth-order valence-corrected chi connectivity index (χ4v) is 3.10. The first kappa shape index (κ1) is 19.4. The molecule has 2 rings (SSSR count). The third-order valence-corrected chi connectivity index (χ3v) is 4.30. The van der Waals surface area contributed by atoms with E-state index < -0.39 is 30.1 Å². The van der Waals surface area contributed by atoms with Gasteiger partial charge in [0.1, 0.15) is 11.4 Å². The van der Waals surface area contributed by atoms with Crippen LogP contribution in [0.1, 0.15) is 46.4 Å². The Labute approximate surface area is 142 Å². The van der Waals surface area contributed by atoms with Gasteiger partial charge in [-0.15, -0.1) is 0 Å². The van der Waals surface area contributed by atoms with Gasteiger partial charge in [-0.1, -0.05) is 0 Å². The summed E-state index contributed by atoms with van der Waals surface area (Å²) in [4.78, 5) is 17.5. The fourth-order valence-electron chi connectivity index (χ4n) is 3.10. The van der Waals surface area contributed by atoms with Crippen LogP contribution < -0.4 is 4.90 Å².